The van der Waals surface area contributed by atoms with E-state index in [1.165, 1.54) is 48.5 Å². The SMILES string of the molecule is N#CC1=C(N)Oc2cc(OS(=O)(=O)c3ccccc3F)ccc2C1c1c(F)cccc1Cl. The molecule has 0 spiro atoms. The zero-order chi connectivity index (χ0) is 23.0. The maximum atomic E-state index is 14.7. The number of hydrogen-bond donors (Lipinski definition) is 1. The molecule has 3 aromatic rings. The second kappa shape index (κ2) is 8.15. The van der Waals surface area contributed by atoms with Crippen LogP contribution in [-0.2, 0) is 10.1 Å². The highest BCUT2D eigenvalue weighted by Crippen LogP contribution is 2.46. The lowest BCUT2D eigenvalue weighted by molar-refractivity contribution is 0.390. The lowest BCUT2D eigenvalue weighted by atomic mass is 9.83. The van der Waals surface area contributed by atoms with E-state index in [4.69, 9.17) is 26.3 Å². The van der Waals surface area contributed by atoms with Gasteiger partial charge in [-0.15, -0.1) is 0 Å². The van der Waals surface area contributed by atoms with Gasteiger partial charge in [0, 0.05) is 22.2 Å². The monoisotopic (exact) mass is 474 g/mol. The van der Waals surface area contributed by atoms with E-state index >= 15 is 0 Å². The average molecular weight is 475 g/mol. The summed E-state index contributed by atoms with van der Waals surface area (Å²) in [5.74, 6) is -3.07. The molecule has 0 aliphatic carbocycles. The maximum Gasteiger partial charge on any atom is 0.342 e. The number of nitrogens with zero attached hydrogens (tertiary/aromatic N) is 1. The van der Waals surface area contributed by atoms with E-state index in [1.54, 1.807) is 0 Å². The highest BCUT2D eigenvalue weighted by atomic mass is 35.5. The van der Waals surface area contributed by atoms with E-state index < -0.39 is 32.6 Å². The molecule has 1 aliphatic heterocycles. The van der Waals surface area contributed by atoms with Crippen molar-refractivity contribution in [3.05, 3.63) is 99.9 Å². The summed E-state index contributed by atoms with van der Waals surface area (Å²) in [6.45, 7) is 0. The lowest BCUT2D eigenvalue weighted by Gasteiger charge is -2.27. The van der Waals surface area contributed by atoms with Crippen LogP contribution >= 0.6 is 11.6 Å². The van der Waals surface area contributed by atoms with Gasteiger partial charge < -0.3 is 14.7 Å². The Bertz CT molecular complexity index is 1400. The van der Waals surface area contributed by atoms with Gasteiger partial charge in [-0.25, -0.2) is 8.78 Å². The summed E-state index contributed by atoms with van der Waals surface area (Å²) < 4.78 is 64.1. The van der Waals surface area contributed by atoms with Gasteiger partial charge in [0.15, 0.2) is 0 Å². The second-order valence-electron chi connectivity index (χ2n) is 6.73. The number of allylic oxidation sites excluding steroid dienone is 1. The van der Waals surface area contributed by atoms with Crippen LogP contribution in [0.4, 0.5) is 8.78 Å². The Labute approximate surface area is 187 Å². The van der Waals surface area contributed by atoms with Gasteiger partial charge in [0.1, 0.15) is 39.7 Å². The van der Waals surface area contributed by atoms with Crippen LogP contribution < -0.4 is 14.7 Å². The topological polar surface area (TPSA) is 102 Å². The minimum absolute atomic E-state index is 0.0193. The first-order valence-corrected chi connectivity index (χ1v) is 10.9. The van der Waals surface area contributed by atoms with Gasteiger partial charge in [-0.1, -0.05) is 35.9 Å². The Hall–Kier alpha value is -3.61. The number of nitrogens with two attached hydrogens (primary N) is 1. The minimum atomic E-state index is -4.49. The quantitative estimate of drug-likeness (QED) is 0.554. The zero-order valence-electron chi connectivity index (χ0n) is 16.1. The molecule has 10 heteroatoms. The van der Waals surface area contributed by atoms with Crippen molar-refractivity contribution in [1.82, 2.24) is 0 Å². The van der Waals surface area contributed by atoms with Crippen LogP contribution in [0.1, 0.15) is 17.0 Å². The fraction of sp³-hybridized carbons (Fsp3) is 0.0455. The smallest absolute Gasteiger partial charge is 0.342 e. The van der Waals surface area contributed by atoms with Gasteiger partial charge in [0.25, 0.3) is 0 Å². The lowest BCUT2D eigenvalue weighted by Crippen LogP contribution is -2.22. The Kier molecular flexibility index (Phi) is 5.50. The fourth-order valence-electron chi connectivity index (χ4n) is 3.39. The molecule has 0 bridgehead atoms. The van der Waals surface area contributed by atoms with E-state index in [2.05, 4.69) is 0 Å². The Morgan fingerprint density at radius 1 is 1.06 bits per heavy atom. The summed E-state index contributed by atoms with van der Waals surface area (Å²) >= 11 is 6.21. The van der Waals surface area contributed by atoms with E-state index in [-0.39, 0.29) is 33.5 Å². The normalized spacial score (nSPS) is 15.5. The van der Waals surface area contributed by atoms with Crippen molar-refractivity contribution in [2.75, 3.05) is 0 Å². The zero-order valence-corrected chi connectivity index (χ0v) is 17.6. The molecular weight excluding hydrogens is 462 g/mol. The number of hydrogen-bond acceptors (Lipinski definition) is 6. The summed E-state index contributed by atoms with van der Waals surface area (Å²) in [4.78, 5) is -0.638. The van der Waals surface area contributed by atoms with Gasteiger partial charge in [0.05, 0.1) is 5.92 Å². The standard InChI is InChI=1S/C22H13ClF2N2O4S/c23-15-4-3-6-17(25)21(15)20-13-9-8-12(10-18(13)30-22(27)14(20)11-26)31-32(28,29)19-7-2-1-5-16(19)24/h1-10,20H,27H2. The van der Waals surface area contributed by atoms with Gasteiger partial charge in [-0.3, -0.25) is 0 Å². The summed E-state index contributed by atoms with van der Waals surface area (Å²) in [5, 5.41) is 9.66. The second-order valence-corrected chi connectivity index (χ2v) is 8.65. The van der Waals surface area contributed by atoms with Crippen LogP contribution in [-0.4, -0.2) is 8.42 Å². The third-order valence-electron chi connectivity index (χ3n) is 4.79. The molecule has 0 radical (unpaired) electrons. The van der Waals surface area contributed by atoms with Crippen LogP contribution in [0.2, 0.25) is 5.02 Å². The van der Waals surface area contributed by atoms with Crippen molar-refractivity contribution in [2.45, 2.75) is 10.8 Å². The first kappa shape index (κ1) is 21.6. The van der Waals surface area contributed by atoms with E-state index in [9.17, 15) is 22.5 Å². The largest absolute Gasteiger partial charge is 0.440 e. The maximum absolute atomic E-state index is 14.7. The number of rotatable bonds is 4. The molecule has 1 unspecified atom stereocenters. The number of ether oxygens (including phenoxy) is 1. The summed E-state index contributed by atoms with van der Waals surface area (Å²) in [6, 6.07) is 14.6. The predicted molar refractivity (Wildman–Crippen MR) is 111 cm³/mol. The third-order valence-corrected chi connectivity index (χ3v) is 6.40. The van der Waals surface area contributed by atoms with Crippen molar-refractivity contribution < 1.29 is 26.1 Å². The minimum Gasteiger partial charge on any atom is -0.440 e. The molecular formula is C22H13ClF2N2O4S. The van der Waals surface area contributed by atoms with Crippen molar-refractivity contribution in [3.8, 4) is 17.6 Å². The molecule has 32 heavy (non-hydrogen) atoms. The van der Waals surface area contributed by atoms with Crippen molar-refractivity contribution in [3.63, 3.8) is 0 Å². The predicted octanol–water partition coefficient (Wildman–Crippen LogP) is 4.60. The molecule has 1 heterocycles. The summed E-state index contributed by atoms with van der Waals surface area (Å²) in [5.41, 5.74) is 6.16. The molecule has 2 N–H and O–H groups in total. The molecule has 0 saturated heterocycles. The number of fused-ring (bicyclic) bond motifs is 1. The molecule has 4 rings (SSSR count). The fourth-order valence-corrected chi connectivity index (χ4v) is 4.66. The van der Waals surface area contributed by atoms with Gasteiger partial charge in [-0.2, -0.15) is 13.7 Å². The van der Waals surface area contributed by atoms with E-state index in [0.717, 1.165) is 12.1 Å². The van der Waals surface area contributed by atoms with Gasteiger partial charge in [-0.05, 0) is 30.3 Å². The molecule has 162 valence electrons. The number of halogens is 3. The first-order chi connectivity index (χ1) is 15.2. The first-order valence-electron chi connectivity index (χ1n) is 9.07. The molecule has 6 nitrogen and oxygen atoms in total. The third kappa shape index (κ3) is 3.75. The number of nitriles is 1. The molecule has 0 fully saturated rings. The molecule has 1 aliphatic rings. The highest BCUT2D eigenvalue weighted by Gasteiger charge is 2.34. The van der Waals surface area contributed by atoms with Crippen LogP contribution in [0.15, 0.2) is 77.0 Å². The van der Waals surface area contributed by atoms with E-state index in [0.29, 0.717) is 5.56 Å². The molecule has 1 atom stereocenters. The van der Waals surface area contributed by atoms with Crippen LogP contribution in [0, 0.1) is 23.0 Å². The van der Waals surface area contributed by atoms with Gasteiger partial charge in [0.2, 0.25) is 5.88 Å². The summed E-state index contributed by atoms with van der Waals surface area (Å²) in [7, 11) is -4.49. The highest BCUT2D eigenvalue weighted by molar-refractivity contribution is 7.87. The van der Waals surface area contributed by atoms with Crippen LogP contribution in [0.5, 0.6) is 11.5 Å². The molecule has 0 aromatic heterocycles. The molecule has 0 amide bonds. The Morgan fingerprint density at radius 2 is 1.78 bits per heavy atom. The molecule has 3 aromatic carbocycles. The van der Waals surface area contributed by atoms with Crippen molar-refractivity contribution >= 4 is 21.7 Å². The van der Waals surface area contributed by atoms with Crippen molar-refractivity contribution in [2.24, 2.45) is 5.73 Å². The number of benzene rings is 3. The van der Waals surface area contributed by atoms with Crippen molar-refractivity contribution in [1.29, 1.82) is 5.26 Å². The molecule has 0 saturated carbocycles. The van der Waals surface area contributed by atoms with Crippen LogP contribution in [0.25, 0.3) is 0 Å². The van der Waals surface area contributed by atoms with E-state index in [1.807, 2.05) is 6.07 Å². The van der Waals surface area contributed by atoms with Crippen LogP contribution in [0.3, 0.4) is 0 Å². The summed E-state index contributed by atoms with van der Waals surface area (Å²) in [6.07, 6.45) is 0. The van der Waals surface area contributed by atoms with Gasteiger partial charge >= 0.3 is 10.1 Å². The average Bonchev–Trinajstić information content (AvgIpc) is 2.73. The Balaban J connectivity index is 1.79. The Morgan fingerprint density at radius 3 is 2.47 bits per heavy atom.